The smallest absolute Gasteiger partial charge is 0.287 e. The van der Waals surface area contributed by atoms with Crippen LogP contribution < -0.4 is 14.9 Å². The van der Waals surface area contributed by atoms with Gasteiger partial charge in [0.05, 0.1) is 17.7 Å². The van der Waals surface area contributed by atoms with Gasteiger partial charge in [-0.2, -0.15) is 5.10 Å². The summed E-state index contributed by atoms with van der Waals surface area (Å²) in [6.07, 6.45) is 2.57. The Bertz CT molecular complexity index is 1100. The zero-order valence-corrected chi connectivity index (χ0v) is 17.1. The summed E-state index contributed by atoms with van der Waals surface area (Å²) < 4.78 is 11.3. The summed E-state index contributed by atoms with van der Waals surface area (Å²) in [5.74, 6) is 0.617. The average Bonchev–Trinajstić information content (AvgIpc) is 2.76. The van der Waals surface area contributed by atoms with Gasteiger partial charge in [-0.15, -0.1) is 0 Å². The number of amides is 1. The van der Waals surface area contributed by atoms with E-state index in [0.717, 1.165) is 6.20 Å². The van der Waals surface area contributed by atoms with Crippen LogP contribution in [0.5, 0.6) is 17.4 Å². The molecule has 10 heteroatoms. The molecule has 1 amide bonds. The van der Waals surface area contributed by atoms with Crippen molar-refractivity contribution in [2.24, 2.45) is 5.10 Å². The Hall–Kier alpha value is -3.98. The maximum atomic E-state index is 12.1. The maximum absolute atomic E-state index is 12.1. The topological polar surface area (TPSA) is 116 Å². The average molecular weight is 441 g/mol. The van der Waals surface area contributed by atoms with E-state index in [1.54, 1.807) is 42.5 Å². The van der Waals surface area contributed by atoms with Crippen molar-refractivity contribution in [1.82, 2.24) is 10.4 Å². The zero-order valence-electron chi connectivity index (χ0n) is 16.3. The quantitative estimate of drug-likeness (QED) is 0.311. The highest BCUT2D eigenvalue weighted by Gasteiger charge is 2.11. The second-order valence-corrected chi connectivity index (χ2v) is 6.50. The van der Waals surface area contributed by atoms with E-state index in [0.29, 0.717) is 34.3 Å². The van der Waals surface area contributed by atoms with Crippen molar-refractivity contribution in [3.05, 3.63) is 87.1 Å². The first kappa shape index (κ1) is 21.7. The lowest BCUT2D eigenvalue weighted by molar-refractivity contribution is -0.385. The van der Waals surface area contributed by atoms with Gasteiger partial charge in [-0.1, -0.05) is 11.6 Å². The minimum atomic E-state index is -0.539. The number of carbonyl (C=O) groups is 1. The van der Waals surface area contributed by atoms with Crippen molar-refractivity contribution in [2.45, 2.75) is 6.92 Å². The first-order valence-electron chi connectivity index (χ1n) is 9.10. The fourth-order valence-corrected chi connectivity index (χ4v) is 2.57. The molecule has 158 valence electrons. The third-order valence-corrected chi connectivity index (χ3v) is 4.15. The Morgan fingerprint density at radius 3 is 2.61 bits per heavy atom. The van der Waals surface area contributed by atoms with Crippen molar-refractivity contribution in [3.63, 3.8) is 0 Å². The third-order valence-electron chi connectivity index (χ3n) is 3.90. The summed E-state index contributed by atoms with van der Waals surface area (Å²) in [5, 5.41) is 15.2. The van der Waals surface area contributed by atoms with E-state index in [1.807, 2.05) is 6.92 Å². The number of aromatic nitrogens is 1. The monoisotopic (exact) mass is 440 g/mol. The molecule has 0 spiro atoms. The molecule has 3 rings (SSSR count). The molecule has 2 aromatic carbocycles. The minimum absolute atomic E-state index is 0.135. The number of pyridine rings is 1. The van der Waals surface area contributed by atoms with Gasteiger partial charge in [0.15, 0.2) is 11.5 Å². The summed E-state index contributed by atoms with van der Waals surface area (Å²) in [6.45, 7) is 2.21. The molecular weight excluding hydrogens is 424 g/mol. The van der Waals surface area contributed by atoms with Gasteiger partial charge in [0.2, 0.25) is 5.88 Å². The van der Waals surface area contributed by atoms with E-state index < -0.39 is 4.92 Å². The Morgan fingerprint density at radius 1 is 1.19 bits per heavy atom. The zero-order chi connectivity index (χ0) is 22.2. The summed E-state index contributed by atoms with van der Waals surface area (Å²) in [5.41, 5.74) is 3.39. The molecule has 0 atom stereocenters. The molecule has 31 heavy (non-hydrogen) atoms. The van der Waals surface area contributed by atoms with Gasteiger partial charge in [-0.05, 0) is 55.0 Å². The summed E-state index contributed by atoms with van der Waals surface area (Å²) in [6, 6.07) is 14.2. The Morgan fingerprint density at radius 2 is 1.97 bits per heavy atom. The van der Waals surface area contributed by atoms with Crippen LogP contribution in [0.2, 0.25) is 5.02 Å². The highest BCUT2D eigenvalue weighted by molar-refractivity contribution is 6.30. The van der Waals surface area contributed by atoms with Gasteiger partial charge >= 0.3 is 0 Å². The van der Waals surface area contributed by atoms with Crippen LogP contribution in [0.3, 0.4) is 0 Å². The molecule has 0 aliphatic carbocycles. The Kier molecular flexibility index (Phi) is 7.13. The standard InChI is InChI=1S/C21H17ClN4O5/c1-2-30-19-11-14(12-24-25-21(27)15-4-6-16(22)7-5-15)3-9-18(19)31-20-10-8-17(13-23-20)26(28)29/h3-13H,2H2,1H3,(H,25,27)/b24-12+. The van der Waals surface area contributed by atoms with E-state index in [2.05, 4.69) is 15.5 Å². The largest absolute Gasteiger partial charge is 0.490 e. The minimum Gasteiger partial charge on any atom is -0.490 e. The number of nitro groups is 1. The molecule has 0 radical (unpaired) electrons. The van der Waals surface area contributed by atoms with Crippen LogP contribution in [0.25, 0.3) is 0 Å². The van der Waals surface area contributed by atoms with Crippen LogP contribution in [0.4, 0.5) is 5.69 Å². The van der Waals surface area contributed by atoms with Crippen LogP contribution in [-0.4, -0.2) is 28.6 Å². The molecule has 1 heterocycles. The first-order chi connectivity index (χ1) is 15.0. The number of hydrogen-bond donors (Lipinski definition) is 1. The highest BCUT2D eigenvalue weighted by atomic mass is 35.5. The Labute approximate surface area is 182 Å². The number of ether oxygens (including phenoxy) is 2. The van der Waals surface area contributed by atoms with Gasteiger partial charge in [0.1, 0.15) is 6.20 Å². The van der Waals surface area contributed by atoms with Crippen LogP contribution in [0.15, 0.2) is 65.9 Å². The molecule has 0 saturated carbocycles. The number of hydrogen-bond acceptors (Lipinski definition) is 7. The fourth-order valence-electron chi connectivity index (χ4n) is 2.44. The van der Waals surface area contributed by atoms with E-state index in [4.69, 9.17) is 21.1 Å². The van der Waals surface area contributed by atoms with Gasteiger partial charge in [-0.25, -0.2) is 10.4 Å². The van der Waals surface area contributed by atoms with Gasteiger partial charge in [-0.3, -0.25) is 14.9 Å². The highest BCUT2D eigenvalue weighted by Crippen LogP contribution is 2.32. The Balaban J connectivity index is 1.70. The lowest BCUT2D eigenvalue weighted by Crippen LogP contribution is -2.17. The van der Waals surface area contributed by atoms with Crippen LogP contribution in [0, 0.1) is 10.1 Å². The predicted octanol–water partition coefficient (Wildman–Crippen LogP) is 4.60. The van der Waals surface area contributed by atoms with Gasteiger partial charge in [0, 0.05) is 22.7 Å². The number of benzene rings is 2. The normalized spacial score (nSPS) is 10.6. The second kappa shape index (κ2) is 10.2. The molecule has 0 aliphatic rings. The number of nitrogens with zero attached hydrogens (tertiary/aromatic N) is 3. The first-order valence-corrected chi connectivity index (χ1v) is 9.48. The van der Waals surface area contributed by atoms with Crippen LogP contribution >= 0.6 is 11.6 Å². The maximum Gasteiger partial charge on any atom is 0.287 e. The summed E-state index contributed by atoms with van der Waals surface area (Å²) in [7, 11) is 0. The van der Waals surface area contributed by atoms with Crippen molar-refractivity contribution in [2.75, 3.05) is 6.61 Å². The third kappa shape index (κ3) is 6.00. The lowest BCUT2D eigenvalue weighted by Gasteiger charge is -2.11. The van der Waals surface area contributed by atoms with Crippen molar-refractivity contribution in [3.8, 4) is 17.4 Å². The van der Waals surface area contributed by atoms with E-state index in [-0.39, 0.29) is 17.5 Å². The SMILES string of the molecule is CCOc1cc(/C=N/NC(=O)c2ccc(Cl)cc2)ccc1Oc1ccc([N+](=O)[O-])cn1. The molecule has 1 aromatic heterocycles. The predicted molar refractivity (Wildman–Crippen MR) is 115 cm³/mol. The molecule has 0 aliphatic heterocycles. The van der Waals surface area contributed by atoms with Crippen molar-refractivity contribution < 1.29 is 19.2 Å². The van der Waals surface area contributed by atoms with Crippen molar-refractivity contribution >= 4 is 29.4 Å². The molecular formula is C21H17ClN4O5. The number of hydrazone groups is 1. The fraction of sp³-hybridized carbons (Fsp3) is 0.0952. The second-order valence-electron chi connectivity index (χ2n) is 6.06. The summed E-state index contributed by atoms with van der Waals surface area (Å²) >= 11 is 5.81. The molecule has 0 bridgehead atoms. The van der Waals surface area contributed by atoms with E-state index >= 15 is 0 Å². The van der Waals surface area contributed by atoms with Gasteiger partial charge < -0.3 is 9.47 Å². The van der Waals surface area contributed by atoms with Crippen LogP contribution in [-0.2, 0) is 0 Å². The van der Waals surface area contributed by atoms with E-state index in [1.165, 1.54) is 18.3 Å². The lowest BCUT2D eigenvalue weighted by atomic mass is 10.2. The van der Waals surface area contributed by atoms with E-state index in [9.17, 15) is 14.9 Å². The molecule has 3 aromatic rings. The molecule has 0 saturated heterocycles. The van der Waals surface area contributed by atoms with Gasteiger partial charge in [0.25, 0.3) is 11.6 Å². The number of nitrogens with one attached hydrogen (secondary N) is 1. The number of rotatable bonds is 8. The number of halogens is 1. The number of carbonyl (C=O) groups excluding carboxylic acids is 1. The van der Waals surface area contributed by atoms with Crippen molar-refractivity contribution in [1.29, 1.82) is 0 Å². The van der Waals surface area contributed by atoms with Crippen LogP contribution in [0.1, 0.15) is 22.8 Å². The molecule has 1 N–H and O–H groups in total. The summed E-state index contributed by atoms with van der Waals surface area (Å²) in [4.78, 5) is 26.2. The molecule has 0 unspecified atom stereocenters. The molecule has 0 fully saturated rings. The molecule has 9 nitrogen and oxygen atoms in total.